The third-order valence-electron chi connectivity index (χ3n) is 0.917. The maximum absolute atomic E-state index is 4.88. The lowest BCUT2D eigenvalue weighted by Gasteiger charge is -1.86. The molecule has 0 amide bonds. The molecule has 2 heteroatoms. The molecule has 1 nitrogen and oxygen atoms in total. The lowest BCUT2D eigenvalue weighted by Crippen LogP contribution is -1.74. The molecule has 1 aromatic heterocycles. The zero-order chi connectivity index (χ0) is 5.98. The molecule has 8 heavy (non-hydrogen) atoms. The van der Waals surface area contributed by atoms with Crippen molar-refractivity contribution in [1.29, 1.82) is 0 Å². The summed E-state index contributed by atoms with van der Waals surface area (Å²) in [4.78, 5) is 3.01. The van der Waals surface area contributed by atoms with Crippen LogP contribution < -0.4 is 0 Å². The van der Waals surface area contributed by atoms with E-state index in [0.717, 1.165) is 10.2 Å². The van der Waals surface area contributed by atoms with E-state index < -0.39 is 0 Å². The normalized spacial score (nSPS) is 9.12. The van der Waals surface area contributed by atoms with Gasteiger partial charge in [0.05, 0.1) is 0 Å². The molecule has 0 fully saturated rings. The van der Waals surface area contributed by atoms with E-state index in [-0.39, 0.29) is 0 Å². The zero-order valence-electron chi connectivity index (χ0n) is 4.64. The fraction of sp³-hybridized carbons (Fsp3) is 0.167. The van der Waals surface area contributed by atoms with E-state index in [2.05, 4.69) is 4.98 Å². The molecule has 0 spiro atoms. The van der Waals surface area contributed by atoms with Gasteiger partial charge in [-0.05, 0) is 19.1 Å². The maximum Gasteiger partial charge on any atom is 0.0408 e. The number of hydrogen-bond acceptors (Lipinski definition) is 1. The Morgan fingerprint density at radius 1 is 1.62 bits per heavy atom. The van der Waals surface area contributed by atoms with Crippen molar-refractivity contribution in [1.82, 2.24) is 4.98 Å². The summed E-state index contributed by atoms with van der Waals surface area (Å²) >= 11 is 4.88. The number of aryl methyl sites for hydroxylation is 1. The summed E-state index contributed by atoms with van der Waals surface area (Å²) < 4.78 is 0.890. The van der Waals surface area contributed by atoms with E-state index in [9.17, 15) is 0 Å². The number of aromatic amines is 1. The first-order valence-electron chi connectivity index (χ1n) is 2.44. The molecule has 1 heterocycles. The van der Waals surface area contributed by atoms with Crippen LogP contribution in [0.4, 0.5) is 0 Å². The summed E-state index contributed by atoms with van der Waals surface area (Å²) in [6.45, 7) is 1.98. The van der Waals surface area contributed by atoms with Crippen LogP contribution in [0.15, 0.2) is 18.3 Å². The Bertz CT molecular complexity index is 226. The van der Waals surface area contributed by atoms with Crippen LogP contribution in [0.3, 0.4) is 0 Å². The molecule has 0 aromatic carbocycles. The Labute approximate surface area is 53.4 Å². The van der Waals surface area contributed by atoms with Crippen LogP contribution in [0.1, 0.15) is 5.69 Å². The quantitative estimate of drug-likeness (QED) is 0.525. The highest BCUT2D eigenvalue weighted by molar-refractivity contribution is 7.71. The molecule has 0 aliphatic rings. The molecule has 1 N–H and O–H groups in total. The van der Waals surface area contributed by atoms with Crippen LogP contribution in [-0.2, 0) is 0 Å². The van der Waals surface area contributed by atoms with E-state index in [0.29, 0.717) is 0 Å². The second-order valence-corrected chi connectivity index (χ2v) is 2.18. The number of H-pyrrole nitrogens is 1. The third kappa shape index (κ3) is 1.17. The average Bonchev–Trinajstić information content (AvgIpc) is 1.64. The van der Waals surface area contributed by atoms with Crippen LogP contribution in [0.2, 0.25) is 0 Å². The second-order valence-electron chi connectivity index (χ2n) is 1.71. The largest absolute Gasteiger partial charge is 0.365 e. The summed E-state index contributed by atoms with van der Waals surface area (Å²) in [6.07, 6.45) is 1.84. The van der Waals surface area contributed by atoms with Gasteiger partial charge in [-0.2, -0.15) is 0 Å². The predicted molar refractivity (Wildman–Crippen MR) is 36.4 cm³/mol. The Morgan fingerprint density at radius 2 is 2.38 bits per heavy atom. The Balaban J connectivity index is 3.28. The van der Waals surface area contributed by atoms with Crippen molar-refractivity contribution in [3.8, 4) is 0 Å². The SMILES string of the molecule is Cc1cc(=S)cc[nH]1. The molecule has 0 unspecified atom stereocenters. The Morgan fingerprint density at radius 3 is 2.75 bits per heavy atom. The van der Waals surface area contributed by atoms with Gasteiger partial charge in [0.15, 0.2) is 0 Å². The van der Waals surface area contributed by atoms with Gasteiger partial charge in [-0.25, -0.2) is 0 Å². The van der Waals surface area contributed by atoms with Crippen molar-refractivity contribution in [2.24, 2.45) is 0 Å². The maximum atomic E-state index is 4.88. The minimum Gasteiger partial charge on any atom is -0.365 e. The van der Waals surface area contributed by atoms with Crippen LogP contribution in [0.5, 0.6) is 0 Å². The van der Waals surface area contributed by atoms with Gasteiger partial charge < -0.3 is 4.98 Å². The van der Waals surface area contributed by atoms with Gasteiger partial charge in [-0.15, -0.1) is 0 Å². The molecular weight excluding hydrogens is 118 g/mol. The zero-order valence-corrected chi connectivity index (χ0v) is 5.46. The summed E-state index contributed by atoms with van der Waals surface area (Å²) in [5, 5.41) is 0. The number of aromatic nitrogens is 1. The lowest BCUT2D eigenvalue weighted by molar-refractivity contribution is 1.20. The topological polar surface area (TPSA) is 15.8 Å². The molecule has 1 rings (SSSR count). The Kier molecular flexibility index (Phi) is 1.44. The molecule has 0 atom stereocenters. The second kappa shape index (κ2) is 2.09. The van der Waals surface area contributed by atoms with Gasteiger partial charge in [0.1, 0.15) is 0 Å². The third-order valence-corrected chi connectivity index (χ3v) is 1.17. The Hall–Kier alpha value is -0.630. The predicted octanol–water partition coefficient (Wildman–Crippen LogP) is 2.05. The van der Waals surface area contributed by atoms with Gasteiger partial charge in [-0.3, -0.25) is 0 Å². The van der Waals surface area contributed by atoms with E-state index >= 15 is 0 Å². The first kappa shape index (κ1) is 5.51. The van der Waals surface area contributed by atoms with Crippen molar-refractivity contribution in [2.45, 2.75) is 6.92 Å². The smallest absolute Gasteiger partial charge is 0.0408 e. The summed E-state index contributed by atoms with van der Waals surface area (Å²) in [6, 6.07) is 3.79. The van der Waals surface area contributed by atoms with Crippen molar-refractivity contribution in [2.75, 3.05) is 0 Å². The minimum atomic E-state index is 0.890. The molecular formula is C6H7NS. The van der Waals surface area contributed by atoms with E-state index in [1.165, 1.54) is 0 Å². The highest BCUT2D eigenvalue weighted by atomic mass is 32.1. The van der Waals surface area contributed by atoms with E-state index in [1.54, 1.807) is 0 Å². The molecule has 42 valence electrons. The van der Waals surface area contributed by atoms with Crippen LogP contribution in [0.25, 0.3) is 0 Å². The highest BCUT2D eigenvalue weighted by Crippen LogP contribution is 1.91. The summed E-state index contributed by atoms with van der Waals surface area (Å²) in [5.41, 5.74) is 1.11. The van der Waals surface area contributed by atoms with Gasteiger partial charge in [-0.1, -0.05) is 12.2 Å². The van der Waals surface area contributed by atoms with Crippen LogP contribution >= 0.6 is 12.2 Å². The fourth-order valence-electron chi connectivity index (χ4n) is 0.558. The number of rotatable bonds is 0. The molecule has 0 aliphatic heterocycles. The molecule has 0 aliphatic carbocycles. The van der Waals surface area contributed by atoms with Crippen molar-refractivity contribution >= 4 is 12.2 Å². The monoisotopic (exact) mass is 125 g/mol. The molecule has 1 aromatic rings. The lowest BCUT2D eigenvalue weighted by atomic mass is 10.4. The summed E-state index contributed by atoms with van der Waals surface area (Å²) in [5.74, 6) is 0. The molecule has 0 saturated heterocycles. The van der Waals surface area contributed by atoms with Crippen molar-refractivity contribution in [3.05, 3.63) is 28.5 Å². The number of hydrogen-bond donors (Lipinski definition) is 1. The molecule has 0 radical (unpaired) electrons. The van der Waals surface area contributed by atoms with E-state index in [4.69, 9.17) is 12.2 Å². The van der Waals surface area contributed by atoms with Crippen LogP contribution in [0, 0.1) is 11.4 Å². The molecule has 0 bridgehead atoms. The number of pyridine rings is 1. The first-order valence-corrected chi connectivity index (χ1v) is 2.85. The van der Waals surface area contributed by atoms with Gasteiger partial charge in [0.2, 0.25) is 0 Å². The van der Waals surface area contributed by atoms with Gasteiger partial charge >= 0.3 is 0 Å². The highest BCUT2D eigenvalue weighted by Gasteiger charge is 1.76. The van der Waals surface area contributed by atoms with Crippen molar-refractivity contribution in [3.63, 3.8) is 0 Å². The van der Waals surface area contributed by atoms with Crippen molar-refractivity contribution < 1.29 is 0 Å². The van der Waals surface area contributed by atoms with E-state index in [1.807, 2.05) is 25.3 Å². The van der Waals surface area contributed by atoms with Crippen LogP contribution in [-0.4, -0.2) is 4.98 Å². The minimum absolute atomic E-state index is 0.890. The van der Waals surface area contributed by atoms with Gasteiger partial charge in [0, 0.05) is 16.4 Å². The standard InChI is InChI=1S/C6H7NS/c1-5-4-6(8)2-3-7-5/h2-4H,1H3,(H,7,8). The molecule has 0 saturated carbocycles. The fourth-order valence-corrected chi connectivity index (χ4v) is 0.803. The summed E-state index contributed by atoms with van der Waals surface area (Å²) in [7, 11) is 0. The number of nitrogens with one attached hydrogen (secondary N) is 1. The average molecular weight is 125 g/mol. The first-order chi connectivity index (χ1) is 3.79. The van der Waals surface area contributed by atoms with Gasteiger partial charge in [0.25, 0.3) is 0 Å².